The van der Waals surface area contributed by atoms with Crippen LogP contribution in [-0.2, 0) is 6.42 Å². The Morgan fingerprint density at radius 1 is 1.10 bits per heavy atom. The van der Waals surface area contributed by atoms with E-state index in [0.29, 0.717) is 15.8 Å². The fraction of sp³-hybridized carbons (Fsp3) is 0.250. The molecule has 0 radical (unpaired) electrons. The van der Waals surface area contributed by atoms with E-state index in [0.717, 1.165) is 18.5 Å². The third-order valence-corrected chi connectivity index (χ3v) is 3.97. The van der Waals surface area contributed by atoms with Gasteiger partial charge in [0.25, 0.3) is 0 Å². The van der Waals surface area contributed by atoms with Crippen LogP contribution in [0.25, 0.3) is 0 Å². The van der Waals surface area contributed by atoms with Crippen molar-refractivity contribution in [2.45, 2.75) is 25.8 Å². The molecule has 0 aliphatic carbocycles. The molecule has 0 aromatic heterocycles. The fourth-order valence-corrected chi connectivity index (χ4v) is 2.35. The van der Waals surface area contributed by atoms with E-state index in [4.69, 9.17) is 23.2 Å². The van der Waals surface area contributed by atoms with E-state index in [9.17, 15) is 5.11 Å². The molecule has 2 N–H and O–H groups in total. The fourth-order valence-electron chi connectivity index (χ4n) is 2.00. The Morgan fingerprint density at radius 2 is 1.80 bits per heavy atom. The molecule has 20 heavy (non-hydrogen) atoms. The first-order chi connectivity index (χ1) is 9.56. The molecule has 2 rings (SSSR count). The average Bonchev–Trinajstić information content (AvgIpc) is 2.43. The smallest absolute Gasteiger partial charge is 0.115 e. The summed E-state index contributed by atoms with van der Waals surface area (Å²) in [5.41, 5.74) is 2.06. The minimum absolute atomic E-state index is 0.278. The lowest BCUT2D eigenvalue weighted by atomic mass is 10.1. The van der Waals surface area contributed by atoms with Gasteiger partial charge in [-0.05, 0) is 49.6 Å². The van der Waals surface area contributed by atoms with Gasteiger partial charge in [-0.25, -0.2) is 0 Å². The maximum Gasteiger partial charge on any atom is 0.115 e. The minimum atomic E-state index is 0.278. The quantitative estimate of drug-likeness (QED) is 0.802. The number of anilines is 1. The molecule has 0 amide bonds. The molecule has 0 aliphatic rings. The molecular weight excluding hydrogens is 293 g/mol. The van der Waals surface area contributed by atoms with Gasteiger partial charge in [0.15, 0.2) is 0 Å². The van der Waals surface area contributed by atoms with E-state index in [2.05, 4.69) is 12.2 Å². The van der Waals surface area contributed by atoms with Gasteiger partial charge in [-0.1, -0.05) is 41.4 Å². The van der Waals surface area contributed by atoms with Crippen molar-refractivity contribution in [1.29, 1.82) is 0 Å². The Kier molecular flexibility index (Phi) is 5.16. The SMILES string of the molecule is CC(CCc1ccc(O)cc1)Nc1cccc(Cl)c1Cl. The molecule has 0 bridgehead atoms. The highest BCUT2D eigenvalue weighted by molar-refractivity contribution is 6.43. The second-order valence-corrected chi connectivity index (χ2v) is 5.64. The zero-order chi connectivity index (χ0) is 14.5. The van der Waals surface area contributed by atoms with Crippen molar-refractivity contribution in [2.24, 2.45) is 0 Å². The molecule has 2 aromatic rings. The number of aromatic hydroxyl groups is 1. The number of aryl methyl sites for hydroxylation is 1. The lowest BCUT2D eigenvalue weighted by Gasteiger charge is -2.16. The normalized spacial score (nSPS) is 12.2. The molecule has 0 fully saturated rings. The number of phenolic OH excluding ortho intramolecular Hbond substituents is 1. The predicted molar refractivity (Wildman–Crippen MR) is 86.0 cm³/mol. The topological polar surface area (TPSA) is 32.3 Å². The van der Waals surface area contributed by atoms with Gasteiger partial charge in [0.05, 0.1) is 15.7 Å². The minimum Gasteiger partial charge on any atom is -0.508 e. The van der Waals surface area contributed by atoms with Gasteiger partial charge in [0.1, 0.15) is 5.75 Å². The molecule has 2 nitrogen and oxygen atoms in total. The zero-order valence-corrected chi connectivity index (χ0v) is 12.7. The lowest BCUT2D eigenvalue weighted by molar-refractivity contribution is 0.475. The summed E-state index contributed by atoms with van der Waals surface area (Å²) in [6, 6.07) is 13.1. The summed E-state index contributed by atoms with van der Waals surface area (Å²) in [6.45, 7) is 2.11. The number of hydrogen-bond donors (Lipinski definition) is 2. The van der Waals surface area contributed by atoms with Crippen LogP contribution in [-0.4, -0.2) is 11.1 Å². The van der Waals surface area contributed by atoms with Gasteiger partial charge >= 0.3 is 0 Å². The number of benzene rings is 2. The van der Waals surface area contributed by atoms with Crippen LogP contribution in [0.4, 0.5) is 5.69 Å². The molecule has 0 saturated carbocycles. The third kappa shape index (κ3) is 4.06. The number of hydrogen-bond acceptors (Lipinski definition) is 2. The van der Waals surface area contributed by atoms with Crippen molar-refractivity contribution in [2.75, 3.05) is 5.32 Å². The van der Waals surface area contributed by atoms with Crippen LogP contribution in [0, 0.1) is 0 Å². The zero-order valence-electron chi connectivity index (χ0n) is 11.2. The third-order valence-electron chi connectivity index (χ3n) is 3.16. The van der Waals surface area contributed by atoms with E-state index in [1.807, 2.05) is 24.3 Å². The van der Waals surface area contributed by atoms with Crippen molar-refractivity contribution < 1.29 is 5.11 Å². The Hall–Kier alpha value is -1.38. The van der Waals surface area contributed by atoms with E-state index >= 15 is 0 Å². The van der Waals surface area contributed by atoms with E-state index in [1.165, 1.54) is 5.56 Å². The Balaban J connectivity index is 1.91. The largest absolute Gasteiger partial charge is 0.508 e. The van der Waals surface area contributed by atoms with Crippen LogP contribution in [0.1, 0.15) is 18.9 Å². The monoisotopic (exact) mass is 309 g/mol. The summed E-state index contributed by atoms with van der Waals surface area (Å²) in [7, 11) is 0. The van der Waals surface area contributed by atoms with Crippen molar-refractivity contribution in [3.05, 3.63) is 58.1 Å². The first-order valence-corrected chi connectivity index (χ1v) is 7.30. The van der Waals surface area contributed by atoms with Crippen LogP contribution >= 0.6 is 23.2 Å². The van der Waals surface area contributed by atoms with E-state index < -0.39 is 0 Å². The molecule has 0 spiro atoms. The van der Waals surface area contributed by atoms with E-state index in [1.54, 1.807) is 18.2 Å². The summed E-state index contributed by atoms with van der Waals surface area (Å²) in [5, 5.41) is 13.7. The highest BCUT2D eigenvalue weighted by Crippen LogP contribution is 2.30. The molecule has 1 unspecified atom stereocenters. The number of phenols is 1. The van der Waals surface area contributed by atoms with Gasteiger partial charge in [0.2, 0.25) is 0 Å². The molecule has 2 aromatic carbocycles. The Morgan fingerprint density at radius 3 is 2.50 bits per heavy atom. The number of halogens is 2. The first-order valence-electron chi connectivity index (χ1n) is 6.54. The van der Waals surface area contributed by atoms with Crippen molar-refractivity contribution >= 4 is 28.9 Å². The van der Waals surface area contributed by atoms with Crippen LogP contribution in [0.2, 0.25) is 10.0 Å². The van der Waals surface area contributed by atoms with Gasteiger partial charge in [-0.3, -0.25) is 0 Å². The molecule has 0 saturated heterocycles. The second kappa shape index (κ2) is 6.87. The highest BCUT2D eigenvalue weighted by atomic mass is 35.5. The summed E-state index contributed by atoms with van der Waals surface area (Å²) < 4.78 is 0. The number of rotatable bonds is 5. The standard InChI is InChI=1S/C16H17Cl2NO/c1-11(5-6-12-7-9-13(20)10-8-12)19-15-4-2-3-14(17)16(15)18/h2-4,7-11,19-20H,5-6H2,1H3. The van der Waals surface area contributed by atoms with Gasteiger partial charge in [0, 0.05) is 6.04 Å². The molecule has 4 heteroatoms. The lowest BCUT2D eigenvalue weighted by Crippen LogP contribution is -2.16. The highest BCUT2D eigenvalue weighted by Gasteiger charge is 2.08. The Labute approximate surface area is 129 Å². The molecular formula is C16H17Cl2NO. The van der Waals surface area contributed by atoms with Gasteiger partial charge in [-0.15, -0.1) is 0 Å². The molecule has 106 valence electrons. The molecule has 1 atom stereocenters. The van der Waals surface area contributed by atoms with Crippen molar-refractivity contribution in [1.82, 2.24) is 0 Å². The van der Waals surface area contributed by atoms with Crippen molar-refractivity contribution in [3.8, 4) is 5.75 Å². The Bertz CT molecular complexity index is 569. The van der Waals surface area contributed by atoms with Crippen LogP contribution in [0.3, 0.4) is 0 Å². The van der Waals surface area contributed by atoms with Crippen molar-refractivity contribution in [3.63, 3.8) is 0 Å². The van der Waals surface area contributed by atoms with Gasteiger partial charge < -0.3 is 10.4 Å². The summed E-state index contributed by atoms with van der Waals surface area (Å²) in [6.07, 6.45) is 1.90. The summed E-state index contributed by atoms with van der Waals surface area (Å²) in [4.78, 5) is 0. The van der Waals surface area contributed by atoms with Crippen LogP contribution in [0.5, 0.6) is 5.75 Å². The summed E-state index contributed by atoms with van der Waals surface area (Å²) in [5.74, 6) is 0.297. The summed E-state index contributed by atoms with van der Waals surface area (Å²) >= 11 is 12.1. The van der Waals surface area contributed by atoms with E-state index in [-0.39, 0.29) is 6.04 Å². The predicted octanol–water partition coefficient (Wildman–Crippen LogP) is 5.13. The number of nitrogens with one attached hydrogen (secondary N) is 1. The molecule has 0 heterocycles. The van der Waals surface area contributed by atoms with Crippen LogP contribution in [0.15, 0.2) is 42.5 Å². The average molecular weight is 310 g/mol. The molecule has 0 aliphatic heterocycles. The maximum absolute atomic E-state index is 9.25. The second-order valence-electron chi connectivity index (χ2n) is 4.85. The maximum atomic E-state index is 9.25. The van der Waals surface area contributed by atoms with Crippen LogP contribution < -0.4 is 5.32 Å². The first kappa shape index (κ1) is 15.0. The van der Waals surface area contributed by atoms with Gasteiger partial charge in [-0.2, -0.15) is 0 Å².